The van der Waals surface area contributed by atoms with E-state index in [0.29, 0.717) is 18.0 Å². The fourth-order valence-corrected chi connectivity index (χ4v) is 2.78. The first kappa shape index (κ1) is 15.1. The molecule has 7 nitrogen and oxygen atoms in total. The minimum absolute atomic E-state index is 0.146. The Morgan fingerprint density at radius 1 is 1.57 bits per heavy atom. The number of aromatic nitrogens is 2. The molecule has 0 aliphatic carbocycles. The molecule has 2 heterocycles. The highest BCUT2D eigenvalue weighted by Gasteiger charge is 2.31. The number of nitrogens with two attached hydrogens (primary N) is 1. The van der Waals surface area contributed by atoms with Gasteiger partial charge in [-0.15, -0.1) is 0 Å². The van der Waals surface area contributed by atoms with Crippen LogP contribution in [-0.2, 0) is 6.54 Å². The van der Waals surface area contributed by atoms with Crippen LogP contribution in [0.5, 0.6) is 0 Å². The SMILES string of the molecule is N#Cc1cc(F)ccc1CN1CCCC1c1nc(C(N)=O)no1. The smallest absolute Gasteiger partial charge is 0.290 e. The number of amides is 1. The molecule has 3 rings (SSSR count). The van der Waals surface area contributed by atoms with Gasteiger partial charge in [0.15, 0.2) is 0 Å². The van der Waals surface area contributed by atoms with Gasteiger partial charge in [0.05, 0.1) is 17.7 Å². The lowest BCUT2D eigenvalue weighted by atomic mass is 10.1. The van der Waals surface area contributed by atoms with E-state index in [1.165, 1.54) is 12.1 Å². The summed E-state index contributed by atoms with van der Waals surface area (Å²) >= 11 is 0. The van der Waals surface area contributed by atoms with Gasteiger partial charge in [0, 0.05) is 6.54 Å². The van der Waals surface area contributed by atoms with Gasteiger partial charge >= 0.3 is 0 Å². The molecule has 0 bridgehead atoms. The second-order valence-corrected chi connectivity index (χ2v) is 5.36. The second-order valence-electron chi connectivity index (χ2n) is 5.36. The number of hydrogen-bond acceptors (Lipinski definition) is 6. The number of carbonyl (C=O) groups is 1. The number of primary amides is 1. The quantitative estimate of drug-likeness (QED) is 0.916. The van der Waals surface area contributed by atoms with Gasteiger partial charge in [-0.25, -0.2) is 4.39 Å². The van der Waals surface area contributed by atoms with Gasteiger partial charge in [-0.1, -0.05) is 11.2 Å². The summed E-state index contributed by atoms with van der Waals surface area (Å²) in [6.45, 7) is 1.24. The van der Waals surface area contributed by atoms with E-state index in [1.807, 2.05) is 6.07 Å². The van der Waals surface area contributed by atoms with Crippen molar-refractivity contribution in [2.45, 2.75) is 25.4 Å². The average molecular weight is 315 g/mol. The second kappa shape index (κ2) is 6.14. The van der Waals surface area contributed by atoms with Crippen LogP contribution in [0.25, 0.3) is 0 Å². The van der Waals surface area contributed by atoms with Crippen molar-refractivity contribution in [3.05, 3.63) is 46.9 Å². The van der Waals surface area contributed by atoms with Gasteiger partial charge in [-0.3, -0.25) is 9.69 Å². The normalized spacial score (nSPS) is 18.0. The molecule has 1 aliphatic rings. The van der Waals surface area contributed by atoms with Crippen LogP contribution in [0.15, 0.2) is 22.7 Å². The van der Waals surface area contributed by atoms with Crippen molar-refractivity contribution >= 4 is 5.91 Å². The van der Waals surface area contributed by atoms with Crippen molar-refractivity contribution in [1.82, 2.24) is 15.0 Å². The van der Waals surface area contributed by atoms with Crippen molar-refractivity contribution < 1.29 is 13.7 Å². The Hall–Kier alpha value is -2.79. The van der Waals surface area contributed by atoms with E-state index >= 15 is 0 Å². The van der Waals surface area contributed by atoms with E-state index in [-0.39, 0.29) is 11.9 Å². The van der Waals surface area contributed by atoms with E-state index < -0.39 is 11.7 Å². The maximum atomic E-state index is 13.2. The van der Waals surface area contributed by atoms with Gasteiger partial charge < -0.3 is 10.3 Å². The minimum Gasteiger partial charge on any atom is -0.363 e. The summed E-state index contributed by atoms with van der Waals surface area (Å²) in [6, 6.07) is 6.01. The molecule has 0 spiro atoms. The summed E-state index contributed by atoms with van der Waals surface area (Å²) in [7, 11) is 0. The molecule has 1 aliphatic heterocycles. The Morgan fingerprint density at radius 3 is 3.09 bits per heavy atom. The summed E-state index contributed by atoms with van der Waals surface area (Å²) < 4.78 is 18.4. The van der Waals surface area contributed by atoms with Gasteiger partial charge in [0.25, 0.3) is 11.7 Å². The van der Waals surface area contributed by atoms with Crippen LogP contribution in [0.3, 0.4) is 0 Å². The van der Waals surface area contributed by atoms with Crippen LogP contribution in [0.2, 0.25) is 0 Å². The third-order valence-corrected chi connectivity index (χ3v) is 3.88. The first-order valence-corrected chi connectivity index (χ1v) is 7.14. The molecule has 1 aromatic carbocycles. The molecule has 23 heavy (non-hydrogen) atoms. The van der Waals surface area contributed by atoms with Crippen molar-refractivity contribution in [2.75, 3.05) is 6.54 Å². The molecule has 1 saturated heterocycles. The average Bonchev–Trinajstić information content (AvgIpc) is 3.17. The molecule has 0 saturated carbocycles. The van der Waals surface area contributed by atoms with Crippen molar-refractivity contribution in [3.63, 3.8) is 0 Å². The van der Waals surface area contributed by atoms with Crippen LogP contribution in [-0.4, -0.2) is 27.5 Å². The highest BCUT2D eigenvalue weighted by molar-refractivity contribution is 5.88. The maximum Gasteiger partial charge on any atom is 0.290 e. The van der Waals surface area contributed by atoms with Crippen molar-refractivity contribution in [2.24, 2.45) is 5.73 Å². The number of carbonyl (C=O) groups excluding carboxylic acids is 1. The molecule has 1 unspecified atom stereocenters. The largest absolute Gasteiger partial charge is 0.363 e. The third kappa shape index (κ3) is 3.05. The molecule has 1 atom stereocenters. The molecule has 2 aromatic rings. The zero-order chi connectivity index (χ0) is 16.4. The van der Waals surface area contributed by atoms with E-state index in [2.05, 4.69) is 15.0 Å². The van der Waals surface area contributed by atoms with Crippen LogP contribution in [0, 0.1) is 17.1 Å². The topological polar surface area (TPSA) is 109 Å². The van der Waals surface area contributed by atoms with E-state index in [0.717, 1.165) is 24.9 Å². The van der Waals surface area contributed by atoms with E-state index in [1.54, 1.807) is 6.07 Å². The number of nitrogens with zero attached hydrogens (tertiary/aromatic N) is 4. The number of hydrogen-bond donors (Lipinski definition) is 1. The molecule has 2 N–H and O–H groups in total. The zero-order valence-electron chi connectivity index (χ0n) is 12.2. The lowest BCUT2D eigenvalue weighted by Crippen LogP contribution is -2.23. The molecule has 1 aromatic heterocycles. The van der Waals surface area contributed by atoms with Crippen LogP contribution in [0.4, 0.5) is 4.39 Å². The van der Waals surface area contributed by atoms with Crippen molar-refractivity contribution in [1.29, 1.82) is 5.26 Å². The molecule has 118 valence electrons. The fourth-order valence-electron chi connectivity index (χ4n) is 2.78. The summed E-state index contributed by atoms with van der Waals surface area (Å²) in [6.07, 6.45) is 1.71. The zero-order valence-corrected chi connectivity index (χ0v) is 12.2. The first-order valence-electron chi connectivity index (χ1n) is 7.14. The van der Waals surface area contributed by atoms with Crippen molar-refractivity contribution in [3.8, 4) is 6.07 Å². The van der Waals surface area contributed by atoms with Gasteiger partial charge in [0.1, 0.15) is 5.82 Å². The highest BCUT2D eigenvalue weighted by Crippen LogP contribution is 2.32. The number of rotatable bonds is 4. The summed E-state index contributed by atoms with van der Waals surface area (Å²) in [5, 5.41) is 12.7. The Morgan fingerprint density at radius 2 is 2.39 bits per heavy atom. The Balaban J connectivity index is 1.82. The predicted octanol–water partition coefficient (Wildman–Crippen LogP) is 1.52. The van der Waals surface area contributed by atoms with E-state index in [4.69, 9.17) is 15.5 Å². The molecule has 8 heteroatoms. The van der Waals surface area contributed by atoms with Crippen LogP contribution < -0.4 is 5.73 Å². The summed E-state index contributed by atoms with van der Waals surface area (Å²) in [5.74, 6) is -0.996. The maximum absolute atomic E-state index is 13.2. The lowest BCUT2D eigenvalue weighted by Gasteiger charge is -2.21. The summed E-state index contributed by atoms with van der Waals surface area (Å²) in [5.41, 5.74) is 6.16. The third-order valence-electron chi connectivity index (χ3n) is 3.88. The fraction of sp³-hybridized carbons (Fsp3) is 0.333. The predicted molar refractivity (Wildman–Crippen MR) is 76.3 cm³/mol. The van der Waals surface area contributed by atoms with Gasteiger partial charge in [-0.05, 0) is 37.1 Å². The molecule has 1 fully saturated rings. The summed E-state index contributed by atoms with van der Waals surface area (Å²) in [4.78, 5) is 17.2. The Kier molecular flexibility index (Phi) is 4.04. The number of nitriles is 1. The minimum atomic E-state index is -0.741. The number of likely N-dealkylation sites (tertiary alicyclic amines) is 1. The van der Waals surface area contributed by atoms with E-state index in [9.17, 15) is 9.18 Å². The number of halogens is 1. The molecule has 0 radical (unpaired) electrons. The van der Waals surface area contributed by atoms with Crippen LogP contribution >= 0.6 is 0 Å². The Bertz CT molecular complexity index is 782. The molecular weight excluding hydrogens is 301 g/mol. The number of benzene rings is 1. The molecular formula is C15H14FN5O2. The Labute approximate surface area is 131 Å². The van der Waals surface area contributed by atoms with Crippen LogP contribution in [0.1, 0.15) is 46.5 Å². The highest BCUT2D eigenvalue weighted by atomic mass is 19.1. The van der Waals surface area contributed by atoms with Gasteiger partial charge in [-0.2, -0.15) is 10.2 Å². The standard InChI is InChI=1S/C15H14FN5O2/c16-11-4-3-9(10(6-11)7-17)8-21-5-1-2-12(21)15-19-14(13(18)22)20-23-15/h3-4,6,12H,1-2,5,8H2,(H2,18,22). The molecule has 1 amide bonds. The monoisotopic (exact) mass is 315 g/mol. The first-order chi connectivity index (χ1) is 11.1. The lowest BCUT2D eigenvalue weighted by molar-refractivity contribution is 0.0987. The van der Waals surface area contributed by atoms with Gasteiger partial charge in [0.2, 0.25) is 5.89 Å².